The quantitative estimate of drug-likeness (QED) is 0.434. The average molecular weight is 345 g/mol. The molecule has 24 heavy (non-hydrogen) atoms. The van der Waals surface area contributed by atoms with Gasteiger partial charge in [0.1, 0.15) is 6.04 Å². The Bertz CT molecular complexity index is 762. The summed E-state index contributed by atoms with van der Waals surface area (Å²) in [6.45, 7) is 0. The predicted molar refractivity (Wildman–Crippen MR) is 90.6 cm³/mol. The van der Waals surface area contributed by atoms with Gasteiger partial charge in [-0.2, -0.15) is 5.10 Å². The highest BCUT2D eigenvalue weighted by molar-refractivity contribution is 7.11. The highest BCUT2D eigenvalue weighted by atomic mass is 32.1. The molecule has 8 nitrogen and oxygen atoms in total. The van der Waals surface area contributed by atoms with Crippen LogP contribution in [0.25, 0.3) is 0 Å². The van der Waals surface area contributed by atoms with Crippen LogP contribution in [0.5, 0.6) is 0 Å². The molecule has 3 rings (SSSR count). The summed E-state index contributed by atoms with van der Waals surface area (Å²) in [4.78, 5) is 23.5. The molecule has 2 unspecified atom stereocenters. The Labute approximate surface area is 141 Å². The zero-order chi connectivity index (χ0) is 16.9. The molecule has 1 aromatic heterocycles. The third kappa shape index (κ3) is 3.82. The normalized spacial score (nSPS) is 20.3. The van der Waals surface area contributed by atoms with Gasteiger partial charge in [0, 0.05) is 23.1 Å². The second kappa shape index (κ2) is 7.30. The number of hydrogen-bond acceptors (Lipinski definition) is 7. The summed E-state index contributed by atoms with van der Waals surface area (Å²) < 4.78 is 0. The number of rotatable bonds is 5. The maximum Gasteiger partial charge on any atom is 0.269 e. The molecule has 0 bridgehead atoms. The Morgan fingerprint density at radius 3 is 3.00 bits per heavy atom. The largest absolute Gasteiger partial charge is 0.271 e. The van der Waals surface area contributed by atoms with Crippen LogP contribution in [0.1, 0.15) is 22.9 Å². The number of non-ortho nitro benzene ring substituents is 1. The number of nitrogens with zero attached hydrogens (tertiary/aromatic N) is 2. The van der Waals surface area contributed by atoms with Crippen molar-refractivity contribution >= 4 is 29.1 Å². The summed E-state index contributed by atoms with van der Waals surface area (Å²) in [7, 11) is 0. The van der Waals surface area contributed by atoms with Gasteiger partial charge in [0.25, 0.3) is 11.6 Å². The Kier molecular flexibility index (Phi) is 4.94. The molecule has 1 fully saturated rings. The lowest BCUT2D eigenvalue weighted by molar-refractivity contribution is -0.384. The van der Waals surface area contributed by atoms with Crippen LogP contribution in [0.4, 0.5) is 5.69 Å². The number of carbonyl (C=O) groups excluding carboxylic acids is 1. The van der Waals surface area contributed by atoms with Crippen LogP contribution in [-0.2, 0) is 4.79 Å². The lowest BCUT2D eigenvalue weighted by atomic mass is 10.0. The SMILES string of the molecule is O=C(N/N=C/c1cccs1)C1CC(c2cccc([N+](=O)[O-])c2)NN1. The van der Waals surface area contributed by atoms with Gasteiger partial charge in [-0.3, -0.25) is 14.9 Å². The third-order valence-electron chi connectivity index (χ3n) is 3.61. The fourth-order valence-electron chi connectivity index (χ4n) is 2.40. The van der Waals surface area contributed by atoms with Crippen molar-refractivity contribution in [3.8, 4) is 0 Å². The Hall–Kier alpha value is -2.62. The summed E-state index contributed by atoms with van der Waals surface area (Å²) >= 11 is 1.52. The van der Waals surface area contributed by atoms with Gasteiger partial charge in [0.2, 0.25) is 0 Å². The van der Waals surface area contributed by atoms with E-state index in [0.717, 1.165) is 10.4 Å². The first-order valence-corrected chi connectivity index (χ1v) is 8.13. The minimum absolute atomic E-state index is 0.0303. The van der Waals surface area contributed by atoms with Crippen molar-refractivity contribution in [1.29, 1.82) is 0 Å². The molecule has 3 N–H and O–H groups in total. The van der Waals surface area contributed by atoms with E-state index in [1.165, 1.54) is 23.5 Å². The van der Waals surface area contributed by atoms with Crippen molar-refractivity contribution < 1.29 is 9.72 Å². The Balaban J connectivity index is 1.57. The second-order valence-electron chi connectivity index (χ2n) is 5.23. The number of nitrogens with one attached hydrogen (secondary N) is 3. The molecule has 2 atom stereocenters. The van der Waals surface area contributed by atoms with Crippen molar-refractivity contribution in [2.75, 3.05) is 0 Å². The van der Waals surface area contributed by atoms with Gasteiger partial charge in [-0.1, -0.05) is 18.2 Å². The molecule has 0 spiro atoms. The number of amides is 1. The van der Waals surface area contributed by atoms with E-state index in [2.05, 4.69) is 21.4 Å². The number of thiophene rings is 1. The van der Waals surface area contributed by atoms with E-state index in [0.29, 0.717) is 6.42 Å². The van der Waals surface area contributed by atoms with Crippen molar-refractivity contribution in [1.82, 2.24) is 16.3 Å². The highest BCUT2D eigenvalue weighted by Crippen LogP contribution is 2.25. The van der Waals surface area contributed by atoms with E-state index in [1.807, 2.05) is 17.5 Å². The fourth-order valence-corrected chi connectivity index (χ4v) is 2.99. The first-order valence-electron chi connectivity index (χ1n) is 7.25. The van der Waals surface area contributed by atoms with Crippen LogP contribution in [0.3, 0.4) is 0 Å². The number of benzene rings is 1. The number of nitro groups is 1. The topological polar surface area (TPSA) is 109 Å². The molecule has 9 heteroatoms. The minimum Gasteiger partial charge on any atom is -0.271 e. The van der Waals surface area contributed by atoms with Gasteiger partial charge in [-0.05, 0) is 23.4 Å². The number of hydrazine groups is 1. The first-order chi connectivity index (χ1) is 11.6. The molecule has 1 aliphatic rings. The standard InChI is InChI=1S/C15H15N5O3S/c21-15(19-16-9-12-5-2-6-24-12)14-8-13(17-18-14)10-3-1-4-11(7-10)20(22)23/h1-7,9,13-14,17-18H,8H2,(H,19,21)/b16-9+. The van der Waals surface area contributed by atoms with E-state index >= 15 is 0 Å². The maximum atomic E-state index is 12.1. The van der Waals surface area contributed by atoms with E-state index in [9.17, 15) is 14.9 Å². The van der Waals surface area contributed by atoms with Gasteiger partial charge in [0.05, 0.1) is 11.1 Å². The average Bonchev–Trinajstić information content (AvgIpc) is 3.26. The van der Waals surface area contributed by atoms with Gasteiger partial charge in [-0.15, -0.1) is 11.3 Å². The molecule has 1 aliphatic heterocycles. The second-order valence-corrected chi connectivity index (χ2v) is 6.21. The van der Waals surface area contributed by atoms with Gasteiger partial charge >= 0.3 is 0 Å². The van der Waals surface area contributed by atoms with Crippen LogP contribution >= 0.6 is 11.3 Å². The van der Waals surface area contributed by atoms with Crippen molar-refractivity contribution in [3.05, 3.63) is 62.3 Å². The van der Waals surface area contributed by atoms with Crippen molar-refractivity contribution in [2.45, 2.75) is 18.5 Å². The molecule has 2 heterocycles. The Morgan fingerprint density at radius 1 is 1.38 bits per heavy atom. The highest BCUT2D eigenvalue weighted by Gasteiger charge is 2.30. The predicted octanol–water partition coefficient (Wildman–Crippen LogP) is 1.71. The molecular weight excluding hydrogens is 330 g/mol. The molecule has 0 saturated carbocycles. The first kappa shape index (κ1) is 16.2. The lowest BCUT2D eigenvalue weighted by Crippen LogP contribution is -2.41. The summed E-state index contributed by atoms with van der Waals surface area (Å²) in [5, 5.41) is 16.7. The Morgan fingerprint density at radius 2 is 2.25 bits per heavy atom. The fraction of sp³-hybridized carbons (Fsp3) is 0.200. The van der Waals surface area contributed by atoms with E-state index in [4.69, 9.17) is 0 Å². The van der Waals surface area contributed by atoms with Gasteiger partial charge in [-0.25, -0.2) is 16.3 Å². The molecule has 2 aromatic rings. The molecule has 1 amide bonds. The van der Waals surface area contributed by atoms with Crippen LogP contribution in [0, 0.1) is 10.1 Å². The maximum absolute atomic E-state index is 12.1. The monoisotopic (exact) mass is 345 g/mol. The summed E-state index contributed by atoms with van der Waals surface area (Å²) in [5.74, 6) is -0.261. The molecule has 0 radical (unpaired) electrons. The van der Waals surface area contributed by atoms with Crippen LogP contribution in [-0.4, -0.2) is 23.1 Å². The smallest absolute Gasteiger partial charge is 0.269 e. The van der Waals surface area contributed by atoms with Crippen LogP contribution < -0.4 is 16.3 Å². The zero-order valence-electron chi connectivity index (χ0n) is 12.5. The summed E-state index contributed by atoms with van der Waals surface area (Å²) in [5.41, 5.74) is 9.16. The molecule has 0 aliphatic carbocycles. The molecule has 124 valence electrons. The van der Waals surface area contributed by atoms with Crippen LogP contribution in [0.15, 0.2) is 46.9 Å². The van der Waals surface area contributed by atoms with Gasteiger partial charge < -0.3 is 0 Å². The van der Waals surface area contributed by atoms with Crippen molar-refractivity contribution in [3.63, 3.8) is 0 Å². The number of hydrogen-bond donors (Lipinski definition) is 3. The molecule has 1 aromatic carbocycles. The number of carbonyl (C=O) groups is 1. The number of nitro benzene ring substituents is 1. The lowest BCUT2D eigenvalue weighted by Gasteiger charge is -2.09. The van der Waals surface area contributed by atoms with Crippen LogP contribution in [0.2, 0.25) is 0 Å². The molecular formula is C15H15N5O3S. The third-order valence-corrected chi connectivity index (χ3v) is 4.42. The van der Waals surface area contributed by atoms with E-state index < -0.39 is 11.0 Å². The number of hydrazone groups is 1. The van der Waals surface area contributed by atoms with Gasteiger partial charge in [0.15, 0.2) is 0 Å². The van der Waals surface area contributed by atoms with E-state index in [1.54, 1.807) is 18.3 Å². The van der Waals surface area contributed by atoms with E-state index in [-0.39, 0.29) is 17.6 Å². The summed E-state index contributed by atoms with van der Waals surface area (Å²) in [6, 6.07) is 9.53. The molecule has 1 saturated heterocycles. The minimum atomic E-state index is -0.463. The summed E-state index contributed by atoms with van der Waals surface area (Å²) in [6.07, 6.45) is 2.06. The zero-order valence-corrected chi connectivity index (χ0v) is 13.3. The van der Waals surface area contributed by atoms with Crippen molar-refractivity contribution in [2.24, 2.45) is 5.10 Å².